The lowest BCUT2D eigenvalue weighted by Gasteiger charge is -1.87. The normalized spacial score (nSPS) is 9.00. The summed E-state index contributed by atoms with van der Waals surface area (Å²) in [7, 11) is 0. The molecule has 2 aromatic rings. The van der Waals surface area contributed by atoms with Crippen molar-refractivity contribution in [1.29, 1.82) is 5.26 Å². The minimum atomic E-state index is 0.830. The van der Waals surface area contributed by atoms with Crippen molar-refractivity contribution in [2.45, 2.75) is 20.8 Å². The topological polar surface area (TPSA) is 23.8 Å². The predicted molar refractivity (Wildman–Crippen MR) is 62.6 cm³/mol. The molecule has 14 heavy (non-hydrogen) atoms. The second-order valence-corrected chi connectivity index (χ2v) is 3.72. The molecule has 2 rings (SSSR count). The molecule has 0 unspecified atom stereocenters. The first-order chi connectivity index (χ1) is 6.83. The lowest BCUT2D eigenvalue weighted by Crippen LogP contribution is -1.70. The Bertz CT molecular complexity index is 463. The maximum absolute atomic E-state index is 8.78. The molecule has 1 nitrogen and oxygen atoms in total. The summed E-state index contributed by atoms with van der Waals surface area (Å²) in [6.07, 6.45) is 0. The zero-order chi connectivity index (χ0) is 10.6. The van der Waals surface area contributed by atoms with E-state index in [0.29, 0.717) is 0 Å². The molecule has 0 aliphatic rings. The number of hydrogen-bond acceptors (Lipinski definition) is 2. The second kappa shape index (κ2) is 4.78. The van der Waals surface area contributed by atoms with Gasteiger partial charge in [-0.3, -0.25) is 0 Å². The van der Waals surface area contributed by atoms with Gasteiger partial charge >= 0.3 is 0 Å². The highest BCUT2D eigenvalue weighted by Gasteiger charge is 2.05. The van der Waals surface area contributed by atoms with Crippen LogP contribution < -0.4 is 0 Å². The molecule has 0 N–H and O–H groups in total. The van der Waals surface area contributed by atoms with E-state index < -0.39 is 0 Å². The van der Waals surface area contributed by atoms with Crippen LogP contribution in [0.3, 0.4) is 0 Å². The lowest BCUT2D eigenvalue weighted by molar-refractivity contribution is 1.48. The van der Waals surface area contributed by atoms with E-state index in [1.54, 1.807) is 11.3 Å². The summed E-state index contributed by atoms with van der Waals surface area (Å²) < 4.78 is 1.20. The molecule has 0 fully saturated rings. The Balaban J connectivity index is 0.000000461. The molecule has 1 aromatic carbocycles. The van der Waals surface area contributed by atoms with E-state index in [-0.39, 0.29) is 0 Å². The zero-order valence-corrected chi connectivity index (χ0v) is 9.48. The molecule has 0 saturated carbocycles. The van der Waals surface area contributed by atoms with Gasteiger partial charge in [0.1, 0.15) is 10.9 Å². The van der Waals surface area contributed by atoms with E-state index in [1.807, 2.05) is 39.0 Å². The summed E-state index contributed by atoms with van der Waals surface area (Å²) in [6.45, 7) is 6.00. The van der Waals surface area contributed by atoms with E-state index in [2.05, 4.69) is 12.1 Å². The molecule has 1 heterocycles. The van der Waals surface area contributed by atoms with Gasteiger partial charge in [-0.15, -0.1) is 11.3 Å². The number of nitrogens with zero attached hydrogens (tertiary/aromatic N) is 1. The summed E-state index contributed by atoms with van der Waals surface area (Å²) in [5, 5.41) is 9.99. The highest BCUT2D eigenvalue weighted by molar-refractivity contribution is 7.19. The van der Waals surface area contributed by atoms with Gasteiger partial charge in [0.25, 0.3) is 0 Å². The van der Waals surface area contributed by atoms with Gasteiger partial charge in [-0.2, -0.15) is 5.26 Å². The van der Waals surface area contributed by atoms with Crippen LogP contribution in [0.1, 0.15) is 24.3 Å². The molecule has 0 atom stereocenters. The van der Waals surface area contributed by atoms with E-state index in [9.17, 15) is 0 Å². The largest absolute Gasteiger partial charge is 0.192 e. The van der Waals surface area contributed by atoms with Gasteiger partial charge < -0.3 is 0 Å². The Labute approximate surface area is 88.6 Å². The molecule has 0 amide bonds. The van der Waals surface area contributed by atoms with Gasteiger partial charge in [-0.25, -0.2) is 0 Å². The first-order valence-corrected chi connectivity index (χ1v) is 5.53. The second-order valence-electron chi connectivity index (χ2n) is 2.66. The fourth-order valence-corrected chi connectivity index (χ4v) is 2.29. The van der Waals surface area contributed by atoms with E-state index in [1.165, 1.54) is 10.1 Å². The Kier molecular flexibility index (Phi) is 3.67. The third-order valence-electron chi connectivity index (χ3n) is 1.95. The van der Waals surface area contributed by atoms with Crippen molar-refractivity contribution in [3.8, 4) is 6.07 Å². The number of benzene rings is 1. The summed E-state index contributed by atoms with van der Waals surface area (Å²) in [5.74, 6) is 0. The van der Waals surface area contributed by atoms with E-state index in [4.69, 9.17) is 5.26 Å². The van der Waals surface area contributed by atoms with Crippen LogP contribution in [0.25, 0.3) is 10.1 Å². The van der Waals surface area contributed by atoms with Crippen molar-refractivity contribution in [3.63, 3.8) is 0 Å². The van der Waals surface area contributed by atoms with Gasteiger partial charge in [0.05, 0.1) is 0 Å². The Morgan fingerprint density at radius 1 is 1.21 bits per heavy atom. The van der Waals surface area contributed by atoms with Crippen LogP contribution >= 0.6 is 11.3 Å². The van der Waals surface area contributed by atoms with Gasteiger partial charge in [0.15, 0.2) is 0 Å². The van der Waals surface area contributed by atoms with E-state index >= 15 is 0 Å². The van der Waals surface area contributed by atoms with Gasteiger partial charge in [-0.05, 0) is 23.9 Å². The number of aryl methyl sites for hydroxylation is 1. The quantitative estimate of drug-likeness (QED) is 0.632. The number of fused-ring (bicyclic) bond motifs is 1. The average molecular weight is 203 g/mol. The maximum atomic E-state index is 8.78. The smallest absolute Gasteiger partial charge is 0.110 e. The van der Waals surface area contributed by atoms with Crippen molar-refractivity contribution in [2.24, 2.45) is 0 Å². The minimum absolute atomic E-state index is 0.830. The Morgan fingerprint density at radius 2 is 1.86 bits per heavy atom. The molecule has 72 valence electrons. The molecule has 0 aliphatic carbocycles. The molecular weight excluding hydrogens is 190 g/mol. The van der Waals surface area contributed by atoms with Crippen molar-refractivity contribution in [1.82, 2.24) is 0 Å². The zero-order valence-electron chi connectivity index (χ0n) is 8.66. The maximum Gasteiger partial charge on any atom is 0.110 e. The molecule has 0 bridgehead atoms. The van der Waals surface area contributed by atoms with Gasteiger partial charge in [-0.1, -0.05) is 32.0 Å². The molecule has 0 spiro atoms. The van der Waals surface area contributed by atoms with Gasteiger partial charge in [0, 0.05) is 4.70 Å². The van der Waals surface area contributed by atoms with Crippen LogP contribution in [0, 0.1) is 18.3 Å². The molecular formula is C12H13NS. The summed E-state index contributed by atoms with van der Waals surface area (Å²) in [5.41, 5.74) is 1.11. The van der Waals surface area contributed by atoms with Crippen LogP contribution in [0.4, 0.5) is 0 Å². The minimum Gasteiger partial charge on any atom is -0.192 e. The van der Waals surface area contributed by atoms with Crippen LogP contribution in [-0.4, -0.2) is 0 Å². The summed E-state index contributed by atoms with van der Waals surface area (Å²) >= 11 is 1.56. The Hall–Kier alpha value is -1.33. The summed E-state index contributed by atoms with van der Waals surface area (Å²) in [4.78, 5) is 0.830. The first kappa shape index (κ1) is 10.7. The van der Waals surface area contributed by atoms with Crippen molar-refractivity contribution in [2.75, 3.05) is 0 Å². The first-order valence-electron chi connectivity index (χ1n) is 4.71. The van der Waals surface area contributed by atoms with Crippen LogP contribution in [0.5, 0.6) is 0 Å². The molecule has 0 radical (unpaired) electrons. The van der Waals surface area contributed by atoms with Crippen LogP contribution in [0.2, 0.25) is 0 Å². The van der Waals surface area contributed by atoms with Crippen LogP contribution in [-0.2, 0) is 0 Å². The lowest BCUT2D eigenvalue weighted by atomic mass is 10.2. The standard InChI is InChI=1S/C10H7NS.C2H6/c1-7-8-4-2-3-5-9(8)12-10(7)6-11;1-2/h2-5H,1H3;1-2H3. The fraction of sp³-hybridized carbons (Fsp3) is 0.250. The Morgan fingerprint density at radius 3 is 2.43 bits per heavy atom. The van der Waals surface area contributed by atoms with Crippen molar-refractivity contribution >= 4 is 21.4 Å². The monoisotopic (exact) mass is 203 g/mol. The number of rotatable bonds is 0. The predicted octanol–water partition coefficient (Wildman–Crippen LogP) is 4.11. The SMILES string of the molecule is CC.Cc1c(C#N)sc2ccccc12. The third-order valence-corrected chi connectivity index (χ3v) is 3.12. The van der Waals surface area contributed by atoms with Gasteiger partial charge in [0.2, 0.25) is 0 Å². The highest BCUT2D eigenvalue weighted by atomic mass is 32.1. The molecule has 2 heteroatoms. The number of nitriles is 1. The molecule has 0 saturated heterocycles. The van der Waals surface area contributed by atoms with Crippen molar-refractivity contribution in [3.05, 3.63) is 34.7 Å². The molecule has 1 aromatic heterocycles. The summed E-state index contributed by atoms with van der Waals surface area (Å²) in [6, 6.07) is 10.3. The third kappa shape index (κ3) is 1.78. The number of hydrogen-bond donors (Lipinski definition) is 0. The van der Waals surface area contributed by atoms with Crippen molar-refractivity contribution < 1.29 is 0 Å². The number of thiophene rings is 1. The fourth-order valence-electron chi connectivity index (χ4n) is 1.28. The molecule has 0 aliphatic heterocycles. The highest BCUT2D eigenvalue weighted by Crippen LogP contribution is 2.29. The van der Waals surface area contributed by atoms with Crippen LogP contribution in [0.15, 0.2) is 24.3 Å². The average Bonchev–Trinajstić information content (AvgIpc) is 2.59. The van der Waals surface area contributed by atoms with E-state index in [0.717, 1.165) is 10.4 Å².